The molecule has 1 N–H and O–H groups in total. The van der Waals surface area contributed by atoms with Crippen LogP contribution in [0.15, 0.2) is 0 Å². The topological polar surface area (TPSA) is 18.5 Å². The summed E-state index contributed by atoms with van der Waals surface area (Å²) in [6.07, 6.45) is 2.88. The summed E-state index contributed by atoms with van der Waals surface area (Å²) >= 11 is 0. The number of nitrogens with zero attached hydrogens (tertiary/aromatic N) is 2. The molecule has 2 rings (SSSR count). The second-order valence-electron chi connectivity index (χ2n) is 6.69. The van der Waals surface area contributed by atoms with Gasteiger partial charge < -0.3 is 5.32 Å². The van der Waals surface area contributed by atoms with Crippen LogP contribution < -0.4 is 5.32 Å². The Labute approximate surface area is 107 Å². The average molecular weight is 239 g/mol. The normalized spacial score (nSPS) is 26.1. The third kappa shape index (κ3) is 3.67. The van der Waals surface area contributed by atoms with Crippen LogP contribution in [0, 0.1) is 5.92 Å². The molecule has 1 heterocycles. The number of hydrogen-bond acceptors (Lipinski definition) is 3. The molecule has 3 nitrogen and oxygen atoms in total. The van der Waals surface area contributed by atoms with Gasteiger partial charge in [-0.3, -0.25) is 9.80 Å². The summed E-state index contributed by atoms with van der Waals surface area (Å²) in [6, 6.07) is 0.733. The van der Waals surface area contributed by atoms with Gasteiger partial charge in [0, 0.05) is 44.3 Å². The van der Waals surface area contributed by atoms with Crippen LogP contribution in [0.2, 0.25) is 0 Å². The molecule has 2 aliphatic rings. The van der Waals surface area contributed by atoms with Gasteiger partial charge in [-0.2, -0.15) is 0 Å². The Balaban J connectivity index is 1.75. The lowest BCUT2D eigenvalue weighted by Gasteiger charge is -2.43. The maximum absolute atomic E-state index is 3.50. The van der Waals surface area contributed by atoms with Crippen molar-refractivity contribution in [2.24, 2.45) is 5.92 Å². The van der Waals surface area contributed by atoms with Crippen LogP contribution in [0.1, 0.15) is 33.6 Å². The Morgan fingerprint density at radius 2 is 1.71 bits per heavy atom. The highest BCUT2D eigenvalue weighted by atomic mass is 15.3. The molecule has 3 heteroatoms. The fourth-order valence-electron chi connectivity index (χ4n) is 2.85. The third-order valence-electron chi connectivity index (χ3n) is 4.34. The molecular formula is C14H29N3. The standard InChI is InChI=1S/C14H29N3/c1-14(2,3)17-9-7-16(8-10-17)11-13(15-4)12-5-6-12/h12-13,15H,5-11H2,1-4H3. The molecule has 0 aromatic rings. The summed E-state index contributed by atoms with van der Waals surface area (Å²) in [5, 5.41) is 3.50. The Kier molecular flexibility index (Phi) is 4.11. The summed E-state index contributed by atoms with van der Waals surface area (Å²) in [6.45, 7) is 13.1. The Hall–Kier alpha value is -0.120. The van der Waals surface area contributed by atoms with Crippen molar-refractivity contribution < 1.29 is 0 Å². The van der Waals surface area contributed by atoms with E-state index in [4.69, 9.17) is 0 Å². The Morgan fingerprint density at radius 1 is 1.12 bits per heavy atom. The van der Waals surface area contributed by atoms with Gasteiger partial charge in [-0.1, -0.05) is 0 Å². The lowest BCUT2D eigenvalue weighted by molar-refractivity contribution is 0.0573. The molecule has 0 spiro atoms. The van der Waals surface area contributed by atoms with Crippen molar-refractivity contribution in [3.8, 4) is 0 Å². The molecule has 0 bridgehead atoms. The van der Waals surface area contributed by atoms with Crippen LogP contribution in [0.5, 0.6) is 0 Å². The summed E-state index contributed by atoms with van der Waals surface area (Å²) in [5.41, 5.74) is 0.338. The van der Waals surface area contributed by atoms with E-state index in [0.717, 1.165) is 12.0 Å². The van der Waals surface area contributed by atoms with Gasteiger partial charge >= 0.3 is 0 Å². The fraction of sp³-hybridized carbons (Fsp3) is 1.00. The van der Waals surface area contributed by atoms with Crippen molar-refractivity contribution in [1.82, 2.24) is 15.1 Å². The molecule has 1 aliphatic heterocycles. The highest BCUT2D eigenvalue weighted by Crippen LogP contribution is 2.33. The van der Waals surface area contributed by atoms with Gasteiger partial charge in [0.25, 0.3) is 0 Å². The van der Waals surface area contributed by atoms with Gasteiger partial charge in [0.05, 0.1) is 0 Å². The van der Waals surface area contributed by atoms with Crippen molar-refractivity contribution in [3.63, 3.8) is 0 Å². The molecule has 17 heavy (non-hydrogen) atoms. The number of rotatable bonds is 4. The van der Waals surface area contributed by atoms with Crippen LogP contribution in [-0.4, -0.2) is 61.2 Å². The minimum atomic E-state index is 0.338. The molecule has 100 valence electrons. The first kappa shape index (κ1) is 13.3. The number of likely N-dealkylation sites (N-methyl/N-ethyl adjacent to an activating group) is 1. The smallest absolute Gasteiger partial charge is 0.0220 e. The zero-order valence-corrected chi connectivity index (χ0v) is 12.0. The minimum absolute atomic E-state index is 0.338. The summed E-state index contributed by atoms with van der Waals surface area (Å²) in [7, 11) is 2.12. The van der Waals surface area contributed by atoms with Gasteiger partial charge in [0.15, 0.2) is 0 Å². The molecule has 0 amide bonds. The summed E-state index contributed by atoms with van der Waals surface area (Å²) in [4.78, 5) is 5.25. The molecule has 1 saturated carbocycles. The zero-order valence-electron chi connectivity index (χ0n) is 12.0. The van der Waals surface area contributed by atoms with E-state index in [1.165, 1.54) is 45.6 Å². The van der Waals surface area contributed by atoms with Gasteiger partial charge in [0.1, 0.15) is 0 Å². The van der Waals surface area contributed by atoms with Gasteiger partial charge in [-0.05, 0) is 46.6 Å². The largest absolute Gasteiger partial charge is 0.315 e. The third-order valence-corrected chi connectivity index (χ3v) is 4.34. The quantitative estimate of drug-likeness (QED) is 0.800. The molecule has 1 atom stereocenters. The van der Waals surface area contributed by atoms with Crippen molar-refractivity contribution in [2.45, 2.75) is 45.2 Å². The first-order valence-electron chi connectivity index (χ1n) is 7.15. The monoisotopic (exact) mass is 239 g/mol. The maximum atomic E-state index is 3.50. The van der Waals surface area contributed by atoms with E-state index < -0.39 is 0 Å². The summed E-state index contributed by atoms with van der Waals surface area (Å²) in [5.74, 6) is 0.959. The molecular weight excluding hydrogens is 210 g/mol. The van der Waals surface area contributed by atoms with E-state index in [1.807, 2.05) is 0 Å². The maximum Gasteiger partial charge on any atom is 0.0220 e. The molecule has 0 aromatic heterocycles. The van der Waals surface area contributed by atoms with Crippen molar-refractivity contribution in [1.29, 1.82) is 0 Å². The van der Waals surface area contributed by atoms with Gasteiger partial charge in [0.2, 0.25) is 0 Å². The molecule has 0 radical (unpaired) electrons. The van der Waals surface area contributed by atoms with E-state index in [2.05, 4.69) is 42.9 Å². The molecule has 1 unspecified atom stereocenters. The van der Waals surface area contributed by atoms with E-state index in [-0.39, 0.29) is 0 Å². The fourth-order valence-corrected chi connectivity index (χ4v) is 2.85. The van der Waals surface area contributed by atoms with E-state index in [9.17, 15) is 0 Å². The minimum Gasteiger partial charge on any atom is -0.315 e. The summed E-state index contributed by atoms with van der Waals surface area (Å²) < 4.78 is 0. The van der Waals surface area contributed by atoms with Crippen molar-refractivity contribution in [3.05, 3.63) is 0 Å². The predicted octanol–water partition coefficient (Wildman–Crippen LogP) is 1.40. The molecule has 1 saturated heterocycles. The highest BCUT2D eigenvalue weighted by Gasteiger charge is 2.32. The number of hydrogen-bond donors (Lipinski definition) is 1. The second kappa shape index (κ2) is 5.25. The number of nitrogens with one attached hydrogen (secondary N) is 1. The zero-order chi connectivity index (χ0) is 12.5. The van der Waals surface area contributed by atoms with E-state index >= 15 is 0 Å². The Bertz CT molecular complexity index is 234. The predicted molar refractivity (Wildman–Crippen MR) is 73.3 cm³/mol. The Morgan fingerprint density at radius 3 is 2.12 bits per heavy atom. The van der Waals surface area contributed by atoms with Gasteiger partial charge in [-0.25, -0.2) is 0 Å². The number of piperazine rings is 1. The van der Waals surface area contributed by atoms with E-state index in [0.29, 0.717) is 5.54 Å². The molecule has 0 aromatic carbocycles. The van der Waals surface area contributed by atoms with Crippen LogP contribution in [0.3, 0.4) is 0 Å². The molecule has 2 fully saturated rings. The van der Waals surface area contributed by atoms with Crippen LogP contribution >= 0.6 is 0 Å². The lowest BCUT2D eigenvalue weighted by atomic mass is 10.0. The van der Waals surface area contributed by atoms with Crippen molar-refractivity contribution >= 4 is 0 Å². The van der Waals surface area contributed by atoms with Crippen molar-refractivity contribution in [2.75, 3.05) is 39.8 Å². The van der Waals surface area contributed by atoms with Crippen LogP contribution in [0.4, 0.5) is 0 Å². The van der Waals surface area contributed by atoms with Crippen LogP contribution in [-0.2, 0) is 0 Å². The molecule has 1 aliphatic carbocycles. The first-order chi connectivity index (χ1) is 8.00. The van der Waals surface area contributed by atoms with E-state index in [1.54, 1.807) is 0 Å². The van der Waals surface area contributed by atoms with Crippen LogP contribution in [0.25, 0.3) is 0 Å². The average Bonchev–Trinajstić information content (AvgIpc) is 3.09. The first-order valence-corrected chi connectivity index (χ1v) is 7.15. The SMILES string of the molecule is CNC(CN1CCN(C(C)(C)C)CC1)C1CC1. The highest BCUT2D eigenvalue weighted by molar-refractivity contribution is 4.89. The lowest BCUT2D eigenvalue weighted by Crippen LogP contribution is -2.55. The second-order valence-corrected chi connectivity index (χ2v) is 6.69. The van der Waals surface area contributed by atoms with Gasteiger partial charge in [-0.15, -0.1) is 0 Å².